The molecule has 0 radical (unpaired) electrons. The first-order valence-electron chi connectivity index (χ1n) is 10.5. The van der Waals surface area contributed by atoms with Gasteiger partial charge in [0.25, 0.3) is 0 Å². The first-order chi connectivity index (χ1) is 14.0. The third-order valence-electron chi connectivity index (χ3n) is 6.71. The first kappa shape index (κ1) is 18.4. The quantitative estimate of drug-likeness (QED) is 0.682. The number of nitrogens with zero attached hydrogens (tertiary/aromatic N) is 6. The Hall–Kier alpha value is -2.60. The van der Waals surface area contributed by atoms with Crippen LogP contribution in [0.25, 0.3) is 11.0 Å². The maximum Gasteiger partial charge on any atom is 0.132 e. The Labute approximate surface area is 172 Å². The van der Waals surface area contributed by atoms with Crippen LogP contribution >= 0.6 is 0 Å². The number of likely N-dealkylation sites (tertiary alicyclic amines) is 1. The number of aryl methyl sites for hydroxylation is 2. The summed E-state index contributed by atoms with van der Waals surface area (Å²) in [5.74, 6) is 1.95. The van der Waals surface area contributed by atoms with E-state index in [0.717, 1.165) is 54.5 Å². The molecule has 2 aromatic heterocycles. The predicted octanol–water partition coefficient (Wildman–Crippen LogP) is 3.70. The summed E-state index contributed by atoms with van der Waals surface area (Å²) in [5, 5.41) is 0. The number of fused-ring (bicyclic) bond motifs is 1. The Balaban J connectivity index is 1.31. The Bertz CT molecular complexity index is 1030. The molecule has 1 aromatic carbocycles. The molecule has 2 aliphatic heterocycles. The summed E-state index contributed by atoms with van der Waals surface area (Å²) in [4.78, 5) is 23.1. The molecule has 2 unspecified atom stereocenters. The molecule has 3 aromatic rings. The zero-order valence-corrected chi connectivity index (χ0v) is 17.5. The molecule has 29 heavy (non-hydrogen) atoms. The monoisotopic (exact) mass is 388 g/mol. The molecule has 0 aliphatic carbocycles. The minimum absolute atomic E-state index is 0.373. The lowest BCUT2D eigenvalue weighted by Gasteiger charge is -2.28. The van der Waals surface area contributed by atoms with Crippen molar-refractivity contribution in [1.29, 1.82) is 0 Å². The maximum absolute atomic E-state index is 4.69. The van der Waals surface area contributed by atoms with E-state index in [1.807, 2.05) is 6.92 Å². The summed E-state index contributed by atoms with van der Waals surface area (Å²) < 4.78 is 0. The Morgan fingerprint density at radius 1 is 0.931 bits per heavy atom. The summed E-state index contributed by atoms with van der Waals surface area (Å²) in [6.07, 6.45) is 6.01. The molecule has 2 saturated heterocycles. The summed E-state index contributed by atoms with van der Waals surface area (Å²) in [6, 6.07) is 9.01. The fourth-order valence-corrected chi connectivity index (χ4v) is 5.07. The molecule has 150 valence electrons. The highest BCUT2D eigenvalue weighted by atomic mass is 15.3. The average Bonchev–Trinajstić information content (AvgIpc) is 3.33. The molecule has 0 saturated carbocycles. The molecule has 0 amide bonds. The van der Waals surface area contributed by atoms with E-state index >= 15 is 0 Å². The van der Waals surface area contributed by atoms with Crippen molar-refractivity contribution >= 4 is 16.9 Å². The van der Waals surface area contributed by atoms with Gasteiger partial charge >= 0.3 is 0 Å². The van der Waals surface area contributed by atoms with E-state index in [9.17, 15) is 0 Å². The van der Waals surface area contributed by atoms with Crippen LogP contribution < -0.4 is 4.90 Å². The summed E-state index contributed by atoms with van der Waals surface area (Å²) in [6.45, 7) is 10.8. The van der Waals surface area contributed by atoms with Gasteiger partial charge < -0.3 is 4.90 Å². The first-order valence-corrected chi connectivity index (χ1v) is 10.5. The minimum Gasteiger partial charge on any atom is -0.356 e. The largest absolute Gasteiger partial charge is 0.356 e. The lowest BCUT2D eigenvalue weighted by Crippen LogP contribution is -2.32. The molecule has 2 aliphatic rings. The second-order valence-corrected chi connectivity index (χ2v) is 8.79. The van der Waals surface area contributed by atoms with Gasteiger partial charge in [0.05, 0.1) is 11.0 Å². The molecule has 6 heteroatoms. The molecule has 5 rings (SSSR count). The molecule has 0 N–H and O–H groups in total. The molecule has 2 atom stereocenters. The number of hydrogen-bond donors (Lipinski definition) is 0. The molecule has 1 spiro atoms. The zero-order valence-electron chi connectivity index (χ0n) is 17.5. The Morgan fingerprint density at radius 2 is 1.72 bits per heavy atom. The van der Waals surface area contributed by atoms with Crippen molar-refractivity contribution < 1.29 is 0 Å². The van der Waals surface area contributed by atoms with Crippen LogP contribution in [0.5, 0.6) is 0 Å². The highest BCUT2D eigenvalue weighted by Crippen LogP contribution is 2.43. The van der Waals surface area contributed by atoms with Gasteiger partial charge in [-0.3, -0.25) is 14.9 Å². The second kappa shape index (κ2) is 7.02. The van der Waals surface area contributed by atoms with E-state index in [4.69, 9.17) is 0 Å². The van der Waals surface area contributed by atoms with E-state index in [2.05, 4.69) is 67.8 Å². The van der Waals surface area contributed by atoms with Crippen molar-refractivity contribution in [1.82, 2.24) is 24.8 Å². The van der Waals surface area contributed by atoms with E-state index in [-0.39, 0.29) is 0 Å². The van der Waals surface area contributed by atoms with Crippen molar-refractivity contribution in [3.63, 3.8) is 0 Å². The van der Waals surface area contributed by atoms with Gasteiger partial charge in [0, 0.05) is 55.2 Å². The topological polar surface area (TPSA) is 58.0 Å². The molecule has 0 bridgehead atoms. The highest BCUT2D eigenvalue weighted by molar-refractivity contribution is 5.74. The normalized spacial score (nSPS) is 23.3. The van der Waals surface area contributed by atoms with Crippen molar-refractivity contribution in [3.05, 3.63) is 53.7 Å². The summed E-state index contributed by atoms with van der Waals surface area (Å²) in [5.41, 5.74) is 4.69. The lowest BCUT2D eigenvalue weighted by atomic mass is 9.86. The van der Waals surface area contributed by atoms with Crippen molar-refractivity contribution in [2.45, 2.75) is 39.7 Å². The average molecular weight is 389 g/mol. The minimum atomic E-state index is 0.373. The molecule has 4 heterocycles. The Kier molecular flexibility index (Phi) is 4.46. The lowest BCUT2D eigenvalue weighted by molar-refractivity contribution is 0.225. The van der Waals surface area contributed by atoms with Gasteiger partial charge in [-0.2, -0.15) is 0 Å². The molecular weight excluding hydrogens is 360 g/mol. The van der Waals surface area contributed by atoms with Crippen LogP contribution in [0, 0.1) is 19.3 Å². The standard InChI is InChI=1S/C23H28N6/c1-16-12-22(27-18(3)26-16)29-11-7-23(15-29)6-10-28(14-23)17(2)19-4-5-20-21(13-19)25-9-8-24-20/h4-5,8-9,12-13,17H,6-7,10-11,14-15H2,1-3H3. The van der Waals surface area contributed by atoms with Gasteiger partial charge in [-0.05, 0) is 57.9 Å². The van der Waals surface area contributed by atoms with Crippen LogP contribution in [0.3, 0.4) is 0 Å². The van der Waals surface area contributed by atoms with Gasteiger partial charge in [-0.25, -0.2) is 9.97 Å². The van der Waals surface area contributed by atoms with Gasteiger partial charge in [0.1, 0.15) is 11.6 Å². The molecular formula is C23H28N6. The number of anilines is 1. The van der Waals surface area contributed by atoms with Gasteiger partial charge in [0.2, 0.25) is 0 Å². The number of aromatic nitrogens is 4. The number of benzene rings is 1. The summed E-state index contributed by atoms with van der Waals surface area (Å²) >= 11 is 0. The molecule has 6 nitrogen and oxygen atoms in total. The van der Waals surface area contributed by atoms with Crippen LogP contribution in [-0.4, -0.2) is 51.0 Å². The van der Waals surface area contributed by atoms with Gasteiger partial charge in [-0.15, -0.1) is 0 Å². The molecule has 2 fully saturated rings. The van der Waals surface area contributed by atoms with Crippen molar-refractivity contribution in [2.24, 2.45) is 5.41 Å². The van der Waals surface area contributed by atoms with E-state index in [1.165, 1.54) is 18.4 Å². The van der Waals surface area contributed by atoms with Gasteiger partial charge in [0.15, 0.2) is 0 Å². The number of rotatable bonds is 3. The smallest absolute Gasteiger partial charge is 0.132 e. The van der Waals surface area contributed by atoms with Crippen LogP contribution in [0.4, 0.5) is 5.82 Å². The van der Waals surface area contributed by atoms with Crippen LogP contribution in [0.15, 0.2) is 36.7 Å². The number of hydrogen-bond acceptors (Lipinski definition) is 6. The third kappa shape index (κ3) is 3.46. The Morgan fingerprint density at radius 3 is 2.55 bits per heavy atom. The SMILES string of the molecule is Cc1cc(N2CCC3(CCN(C(C)c4ccc5nccnc5c4)C3)C2)nc(C)n1. The highest BCUT2D eigenvalue weighted by Gasteiger charge is 2.44. The maximum atomic E-state index is 4.69. The van der Waals surface area contributed by atoms with Crippen LogP contribution in [0.1, 0.15) is 42.9 Å². The second-order valence-electron chi connectivity index (χ2n) is 8.79. The van der Waals surface area contributed by atoms with E-state index in [0.29, 0.717) is 11.5 Å². The van der Waals surface area contributed by atoms with Crippen LogP contribution in [-0.2, 0) is 0 Å². The third-order valence-corrected chi connectivity index (χ3v) is 6.71. The van der Waals surface area contributed by atoms with E-state index < -0.39 is 0 Å². The van der Waals surface area contributed by atoms with Gasteiger partial charge in [-0.1, -0.05) is 6.07 Å². The van der Waals surface area contributed by atoms with Crippen LogP contribution in [0.2, 0.25) is 0 Å². The predicted molar refractivity (Wildman–Crippen MR) is 115 cm³/mol. The zero-order chi connectivity index (χ0) is 20.0. The fourth-order valence-electron chi connectivity index (χ4n) is 5.07. The van der Waals surface area contributed by atoms with Crippen molar-refractivity contribution in [3.8, 4) is 0 Å². The van der Waals surface area contributed by atoms with Crippen molar-refractivity contribution in [2.75, 3.05) is 31.1 Å². The van der Waals surface area contributed by atoms with E-state index in [1.54, 1.807) is 12.4 Å². The summed E-state index contributed by atoms with van der Waals surface area (Å²) in [7, 11) is 0. The fraction of sp³-hybridized carbons (Fsp3) is 0.478.